The summed E-state index contributed by atoms with van der Waals surface area (Å²) in [4.78, 5) is 3.78. The monoisotopic (exact) mass is 196 g/mol. The van der Waals surface area contributed by atoms with Gasteiger partial charge in [-0.25, -0.2) is 13.8 Å². The molecule has 1 heterocycles. The predicted octanol–water partition coefficient (Wildman–Crippen LogP) is 2.89. The summed E-state index contributed by atoms with van der Waals surface area (Å²) < 4.78 is 25.9. The molecule has 0 atom stereocenters. The Morgan fingerprint density at radius 1 is 1.31 bits per heavy atom. The first-order valence-electron chi connectivity index (χ1n) is 3.55. The third-order valence-electron chi connectivity index (χ3n) is 1.57. The van der Waals surface area contributed by atoms with Gasteiger partial charge in [0.1, 0.15) is 11.2 Å². The molecule has 0 amide bonds. The molecule has 0 aliphatic heterocycles. The molecule has 0 N–H and O–H groups in total. The summed E-state index contributed by atoms with van der Waals surface area (Å²) in [5.74, 6) is -1.71. The van der Waals surface area contributed by atoms with Gasteiger partial charge in [-0.2, -0.15) is 0 Å². The van der Waals surface area contributed by atoms with Gasteiger partial charge in [-0.05, 0) is 12.1 Å². The van der Waals surface area contributed by atoms with Gasteiger partial charge >= 0.3 is 0 Å². The van der Waals surface area contributed by atoms with Crippen LogP contribution >= 0.6 is 11.3 Å². The highest BCUT2D eigenvalue weighted by molar-refractivity contribution is 7.13. The Hall–Kier alpha value is -1.29. The minimum atomic E-state index is -0.856. The first-order valence-corrected chi connectivity index (χ1v) is 4.43. The van der Waals surface area contributed by atoms with E-state index in [9.17, 15) is 8.78 Å². The first kappa shape index (κ1) is 8.31. The summed E-state index contributed by atoms with van der Waals surface area (Å²) in [6.07, 6.45) is 2.55. The zero-order valence-corrected chi connectivity index (χ0v) is 7.24. The Bertz CT molecular complexity index is 412. The van der Waals surface area contributed by atoms with Crippen LogP contribution in [0.2, 0.25) is 0 Å². The highest BCUT2D eigenvalue weighted by Gasteiger charge is 2.10. The van der Waals surface area contributed by atoms with E-state index in [1.807, 2.05) is 0 Å². The van der Waals surface area contributed by atoms with Crippen molar-refractivity contribution in [2.24, 2.45) is 0 Å². The van der Waals surface area contributed by atoms with E-state index in [1.54, 1.807) is 5.38 Å². The van der Waals surface area contributed by atoms with Crippen molar-refractivity contribution in [2.45, 2.75) is 0 Å². The molecule has 0 aliphatic carbocycles. The van der Waals surface area contributed by atoms with Crippen molar-refractivity contribution in [3.05, 3.63) is 41.4 Å². The smallest absolute Gasteiger partial charge is 0.169 e. The number of benzene rings is 1. The fourth-order valence-corrected chi connectivity index (χ4v) is 1.59. The molecule has 1 aromatic carbocycles. The minimum Gasteiger partial charge on any atom is -0.234 e. The molecule has 0 spiro atoms. The van der Waals surface area contributed by atoms with Crippen molar-refractivity contribution in [3.8, 4) is 10.6 Å². The van der Waals surface area contributed by atoms with E-state index in [0.717, 1.165) is 6.07 Å². The average molecular weight is 196 g/mol. The molecule has 4 heteroatoms. The van der Waals surface area contributed by atoms with E-state index >= 15 is 0 Å². The molecule has 2 rings (SSSR count). The first-order chi connectivity index (χ1) is 6.29. The molecular weight excluding hydrogens is 192 g/mol. The SMILES string of the molecule is Fc1cccc(-c2n[c]cs2)c1F. The summed E-state index contributed by atoms with van der Waals surface area (Å²) in [6.45, 7) is 0. The van der Waals surface area contributed by atoms with Gasteiger partial charge in [-0.1, -0.05) is 6.07 Å². The van der Waals surface area contributed by atoms with E-state index in [-0.39, 0.29) is 5.56 Å². The van der Waals surface area contributed by atoms with E-state index in [4.69, 9.17) is 0 Å². The molecule has 1 radical (unpaired) electrons. The Balaban J connectivity index is 2.59. The standard InChI is InChI=1S/C9H4F2NS/c10-7-3-1-2-6(8(7)11)9-12-4-5-13-9/h1-3,5H. The van der Waals surface area contributed by atoms with Crippen LogP contribution in [0, 0.1) is 17.8 Å². The van der Waals surface area contributed by atoms with Gasteiger partial charge in [0, 0.05) is 10.9 Å². The van der Waals surface area contributed by atoms with Crippen LogP contribution in [-0.4, -0.2) is 4.98 Å². The van der Waals surface area contributed by atoms with Gasteiger partial charge in [0.15, 0.2) is 11.6 Å². The lowest BCUT2D eigenvalue weighted by atomic mass is 10.2. The van der Waals surface area contributed by atoms with Crippen molar-refractivity contribution in [3.63, 3.8) is 0 Å². The molecule has 0 aliphatic rings. The largest absolute Gasteiger partial charge is 0.234 e. The lowest BCUT2D eigenvalue weighted by molar-refractivity contribution is 0.511. The molecular formula is C9H4F2NS. The minimum absolute atomic E-state index is 0.186. The quantitative estimate of drug-likeness (QED) is 0.683. The topological polar surface area (TPSA) is 12.9 Å². The predicted molar refractivity (Wildman–Crippen MR) is 46.3 cm³/mol. The average Bonchev–Trinajstić information content (AvgIpc) is 2.62. The maximum absolute atomic E-state index is 13.1. The fraction of sp³-hybridized carbons (Fsp3) is 0. The van der Waals surface area contributed by atoms with Crippen LogP contribution in [0.15, 0.2) is 23.6 Å². The molecule has 1 aromatic heterocycles. The summed E-state index contributed by atoms with van der Waals surface area (Å²) in [5.41, 5.74) is 0.186. The second-order valence-corrected chi connectivity index (χ2v) is 3.24. The van der Waals surface area contributed by atoms with Gasteiger partial charge in [0.25, 0.3) is 0 Å². The number of thiazole rings is 1. The molecule has 0 bridgehead atoms. The Morgan fingerprint density at radius 2 is 2.15 bits per heavy atom. The lowest BCUT2D eigenvalue weighted by Crippen LogP contribution is -1.87. The molecule has 1 nitrogen and oxygen atoms in total. The number of hydrogen-bond acceptors (Lipinski definition) is 2. The molecule has 13 heavy (non-hydrogen) atoms. The Morgan fingerprint density at radius 3 is 2.85 bits per heavy atom. The van der Waals surface area contributed by atoms with Crippen molar-refractivity contribution in [1.82, 2.24) is 4.98 Å². The summed E-state index contributed by atoms with van der Waals surface area (Å²) in [6, 6.07) is 4.02. The van der Waals surface area contributed by atoms with Crippen molar-refractivity contribution in [1.29, 1.82) is 0 Å². The molecule has 0 saturated heterocycles. The Kier molecular flexibility index (Phi) is 2.06. The molecule has 2 aromatic rings. The zero-order valence-electron chi connectivity index (χ0n) is 6.42. The molecule has 0 unspecified atom stereocenters. The number of nitrogens with zero attached hydrogens (tertiary/aromatic N) is 1. The normalized spacial score (nSPS) is 10.3. The summed E-state index contributed by atoms with van der Waals surface area (Å²) in [5, 5.41) is 2.04. The van der Waals surface area contributed by atoms with E-state index in [2.05, 4.69) is 11.2 Å². The maximum Gasteiger partial charge on any atom is 0.169 e. The number of halogens is 2. The summed E-state index contributed by atoms with van der Waals surface area (Å²) in [7, 11) is 0. The number of rotatable bonds is 1. The van der Waals surface area contributed by atoms with Crippen molar-refractivity contribution >= 4 is 11.3 Å². The zero-order chi connectivity index (χ0) is 9.26. The third kappa shape index (κ3) is 1.45. The van der Waals surface area contributed by atoms with Crippen LogP contribution in [-0.2, 0) is 0 Å². The Labute approximate surface area is 77.7 Å². The molecule has 65 valence electrons. The van der Waals surface area contributed by atoms with E-state index in [0.29, 0.717) is 5.01 Å². The lowest BCUT2D eigenvalue weighted by Gasteiger charge is -1.98. The van der Waals surface area contributed by atoms with Gasteiger partial charge in [-0.15, -0.1) is 11.3 Å². The summed E-state index contributed by atoms with van der Waals surface area (Å²) >= 11 is 1.23. The second-order valence-electron chi connectivity index (χ2n) is 2.38. The third-order valence-corrected chi connectivity index (χ3v) is 2.33. The van der Waals surface area contributed by atoms with Crippen LogP contribution in [0.5, 0.6) is 0 Å². The van der Waals surface area contributed by atoms with E-state index in [1.165, 1.54) is 23.5 Å². The number of aromatic nitrogens is 1. The van der Waals surface area contributed by atoms with Crippen LogP contribution in [0.25, 0.3) is 10.6 Å². The van der Waals surface area contributed by atoms with Gasteiger partial charge in [-0.3, -0.25) is 0 Å². The molecule has 0 fully saturated rings. The van der Waals surface area contributed by atoms with Crippen molar-refractivity contribution in [2.75, 3.05) is 0 Å². The number of hydrogen-bond donors (Lipinski definition) is 0. The second kappa shape index (κ2) is 3.22. The molecule has 0 saturated carbocycles. The van der Waals surface area contributed by atoms with E-state index < -0.39 is 11.6 Å². The van der Waals surface area contributed by atoms with Crippen LogP contribution in [0.4, 0.5) is 8.78 Å². The van der Waals surface area contributed by atoms with Crippen LogP contribution < -0.4 is 0 Å². The van der Waals surface area contributed by atoms with Crippen LogP contribution in [0.1, 0.15) is 0 Å². The van der Waals surface area contributed by atoms with Crippen LogP contribution in [0.3, 0.4) is 0 Å². The van der Waals surface area contributed by atoms with Crippen molar-refractivity contribution < 1.29 is 8.78 Å². The maximum atomic E-state index is 13.1. The highest BCUT2D eigenvalue weighted by atomic mass is 32.1. The van der Waals surface area contributed by atoms with Gasteiger partial charge < -0.3 is 0 Å². The van der Waals surface area contributed by atoms with Gasteiger partial charge in [0.05, 0.1) is 0 Å². The van der Waals surface area contributed by atoms with Gasteiger partial charge in [0.2, 0.25) is 0 Å². The highest BCUT2D eigenvalue weighted by Crippen LogP contribution is 2.25. The fourth-order valence-electron chi connectivity index (χ4n) is 0.986.